The average Bonchev–Trinajstić information content (AvgIpc) is 2.63. The molecule has 1 N–H and O–H groups in total. The molecule has 0 aliphatic heterocycles. The van der Waals surface area contributed by atoms with Crippen LogP contribution in [0.1, 0.15) is 26.0 Å². The van der Waals surface area contributed by atoms with E-state index in [0.29, 0.717) is 12.1 Å². The molecule has 0 spiro atoms. The van der Waals surface area contributed by atoms with Gasteiger partial charge in [-0.3, -0.25) is 4.68 Å². The van der Waals surface area contributed by atoms with Crippen LogP contribution in [-0.4, -0.2) is 29.0 Å². The van der Waals surface area contributed by atoms with Crippen LogP contribution in [0.4, 0.5) is 0 Å². The summed E-state index contributed by atoms with van der Waals surface area (Å²) < 4.78 is 7.34. The predicted molar refractivity (Wildman–Crippen MR) is 63.0 cm³/mol. The zero-order valence-corrected chi connectivity index (χ0v) is 10.5. The molecule has 4 nitrogen and oxygen atoms in total. The van der Waals surface area contributed by atoms with Crippen LogP contribution in [0.3, 0.4) is 0 Å². The van der Waals surface area contributed by atoms with Crippen molar-refractivity contribution < 1.29 is 4.74 Å². The lowest BCUT2D eigenvalue weighted by atomic mass is 9.64. The lowest BCUT2D eigenvalue weighted by Gasteiger charge is -2.51. The van der Waals surface area contributed by atoms with Crippen LogP contribution in [0.2, 0.25) is 0 Å². The molecule has 90 valence electrons. The Bertz CT molecular complexity index is 359. The molecule has 16 heavy (non-hydrogen) atoms. The quantitative estimate of drug-likeness (QED) is 0.837. The smallest absolute Gasteiger partial charge is 0.0652 e. The Morgan fingerprint density at radius 1 is 1.62 bits per heavy atom. The van der Waals surface area contributed by atoms with Gasteiger partial charge in [0.2, 0.25) is 0 Å². The molecule has 0 amide bonds. The summed E-state index contributed by atoms with van der Waals surface area (Å²) in [7, 11) is 3.77. The van der Waals surface area contributed by atoms with E-state index in [-0.39, 0.29) is 5.41 Å². The molecule has 1 aliphatic rings. The van der Waals surface area contributed by atoms with Gasteiger partial charge in [0.05, 0.1) is 11.8 Å². The van der Waals surface area contributed by atoms with Gasteiger partial charge in [-0.2, -0.15) is 5.10 Å². The van der Waals surface area contributed by atoms with Crippen molar-refractivity contribution in [2.24, 2.45) is 12.5 Å². The molecule has 1 saturated carbocycles. The number of nitrogens with one attached hydrogen (secondary N) is 1. The van der Waals surface area contributed by atoms with Crippen molar-refractivity contribution in [3.05, 3.63) is 18.0 Å². The third-order valence-corrected chi connectivity index (χ3v) is 3.91. The number of hydrogen-bond donors (Lipinski definition) is 1. The molecular weight excluding hydrogens is 202 g/mol. The van der Waals surface area contributed by atoms with Crippen LogP contribution in [0.25, 0.3) is 0 Å². The van der Waals surface area contributed by atoms with E-state index in [0.717, 1.165) is 13.0 Å². The zero-order valence-electron chi connectivity index (χ0n) is 10.5. The Kier molecular flexibility index (Phi) is 3.04. The molecule has 1 fully saturated rings. The Hall–Kier alpha value is -0.870. The number of hydrogen-bond acceptors (Lipinski definition) is 3. The van der Waals surface area contributed by atoms with E-state index < -0.39 is 0 Å². The minimum atomic E-state index is 0.230. The fraction of sp³-hybridized carbons (Fsp3) is 0.750. The van der Waals surface area contributed by atoms with Crippen LogP contribution in [0, 0.1) is 5.41 Å². The standard InChI is InChI=1S/C12H21N3O/c1-12(2)10(7-11(12)16-4)13-8-9-5-6-14-15(9)3/h5-6,10-11,13H,7-8H2,1-4H3. The molecule has 2 unspecified atom stereocenters. The Morgan fingerprint density at radius 2 is 2.38 bits per heavy atom. The van der Waals surface area contributed by atoms with E-state index in [9.17, 15) is 0 Å². The highest BCUT2D eigenvalue weighted by atomic mass is 16.5. The molecule has 0 bridgehead atoms. The van der Waals surface area contributed by atoms with Crippen molar-refractivity contribution in [1.82, 2.24) is 15.1 Å². The van der Waals surface area contributed by atoms with E-state index in [1.54, 1.807) is 7.11 Å². The number of rotatable bonds is 4. The van der Waals surface area contributed by atoms with Gasteiger partial charge in [-0.1, -0.05) is 13.8 Å². The van der Waals surface area contributed by atoms with E-state index >= 15 is 0 Å². The highest BCUT2D eigenvalue weighted by Gasteiger charge is 2.48. The summed E-state index contributed by atoms with van der Waals surface area (Å²) in [5, 5.41) is 7.73. The first-order valence-electron chi connectivity index (χ1n) is 5.78. The number of ether oxygens (including phenoxy) is 1. The number of methoxy groups -OCH3 is 1. The van der Waals surface area contributed by atoms with E-state index in [2.05, 4.69) is 24.3 Å². The summed E-state index contributed by atoms with van der Waals surface area (Å²) >= 11 is 0. The summed E-state index contributed by atoms with van der Waals surface area (Å²) in [6, 6.07) is 2.58. The molecule has 2 atom stereocenters. The summed E-state index contributed by atoms with van der Waals surface area (Å²) in [6.45, 7) is 5.39. The fourth-order valence-corrected chi connectivity index (χ4v) is 2.43. The zero-order chi connectivity index (χ0) is 11.8. The summed E-state index contributed by atoms with van der Waals surface area (Å²) in [5.41, 5.74) is 1.45. The van der Waals surface area contributed by atoms with Gasteiger partial charge < -0.3 is 10.1 Å². The van der Waals surface area contributed by atoms with Gasteiger partial charge in [-0.25, -0.2) is 0 Å². The first-order valence-corrected chi connectivity index (χ1v) is 5.78. The van der Waals surface area contributed by atoms with Gasteiger partial charge in [0.25, 0.3) is 0 Å². The number of nitrogens with zero attached hydrogens (tertiary/aromatic N) is 2. The van der Waals surface area contributed by atoms with Gasteiger partial charge in [0.1, 0.15) is 0 Å². The first-order chi connectivity index (χ1) is 7.55. The molecule has 0 aromatic carbocycles. The van der Waals surface area contributed by atoms with Crippen LogP contribution in [0.15, 0.2) is 12.3 Å². The molecule has 1 heterocycles. The second kappa shape index (κ2) is 4.18. The third-order valence-electron chi connectivity index (χ3n) is 3.91. The molecule has 1 aromatic heterocycles. The molecule has 0 radical (unpaired) electrons. The SMILES string of the molecule is COC1CC(NCc2ccnn2C)C1(C)C. The van der Waals surface area contributed by atoms with E-state index in [4.69, 9.17) is 4.74 Å². The number of aryl methyl sites for hydroxylation is 1. The molecule has 4 heteroatoms. The molecule has 1 aromatic rings. The van der Waals surface area contributed by atoms with Gasteiger partial charge in [0.15, 0.2) is 0 Å². The van der Waals surface area contributed by atoms with Crippen molar-refractivity contribution >= 4 is 0 Å². The first kappa shape index (κ1) is 11.6. The predicted octanol–water partition coefficient (Wildman–Crippen LogP) is 1.32. The lowest BCUT2D eigenvalue weighted by molar-refractivity contribution is -0.0980. The molecule has 1 aliphatic carbocycles. The Labute approximate surface area is 97.0 Å². The monoisotopic (exact) mass is 223 g/mol. The van der Waals surface area contributed by atoms with Crippen molar-refractivity contribution in [2.45, 2.75) is 39.0 Å². The molecule has 2 rings (SSSR count). The van der Waals surface area contributed by atoms with Crippen LogP contribution >= 0.6 is 0 Å². The maximum Gasteiger partial charge on any atom is 0.0652 e. The topological polar surface area (TPSA) is 39.1 Å². The highest BCUT2D eigenvalue weighted by Crippen LogP contribution is 2.42. The maximum atomic E-state index is 5.43. The largest absolute Gasteiger partial charge is 0.381 e. The van der Waals surface area contributed by atoms with Gasteiger partial charge in [0, 0.05) is 38.4 Å². The molecule has 0 saturated heterocycles. The van der Waals surface area contributed by atoms with Crippen molar-refractivity contribution in [3.8, 4) is 0 Å². The van der Waals surface area contributed by atoms with Crippen molar-refractivity contribution in [1.29, 1.82) is 0 Å². The van der Waals surface area contributed by atoms with Crippen LogP contribution in [0.5, 0.6) is 0 Å². The second-order valence-corrected chi connectivity index (χ2v) is 5.16. The Balaban J connectivity index is 1.87. The minimum Gasteiger partial charge on any atom is -0.381 e. The van der Waals surface area contributed by atoms with Crippen LogP contribution < -0.4 is 5.32 Å². The van der Waals surface area contributed by atoms with Gasteiger partial charge in [-0.15, -0.1) is 0 Å². The van der Waals surface area contributed by atoms with E-state index in [1.165, 1.54) is 5.69 Å². The normalized spacial score (nSPS) is 27.8. The van der Waals surface area contributed by atoms with Gasteiger partial charge >= 0.3 is 0 Å². The van der Waals surface area contributed by atoms with E-state index in [1.807, 2.05) is 24.0 Å². The van der Waals surface area contributed by atoms with Crippen molar-refractivity contribution in [2.75, 3.05) is 7.11 Å². The average molecular weight is 223 g/mol. The lowest BCUT2D eigenvalue weighted by Crippen LogP contribution is -2.60. The fourth-order valence-electron chi connectivity index (χ4n) is 2.43. The third kappa shape index (κ3) is 1.87. The van der Waals surface area contributed by atoms with Gasteiger partial charge in [-0.05, 0) is 12.5 Å². The van der Waals surface area contributed by atoms with Crippen LogP contribution in [-0.2, 0) is 18.3 Å². The summed E-state index contributed by atoms with van der Waals surface area (Å²) in [6.07, 6.45) is 3.32. The minimum absolute atomic E-state index is 0.230. The summed E-state index contributed by atoms with van der Waals surface area (Å²) in [5.74, 6) is 0. The second-order valence-electron chi connectivity index (χ2n) is 5.16. The van der Waals surface area contributed by atoms with Crippen molar-refractivity contribution in [3.63, 3.8) is 0 Å². The highest BCUT2D eigenvalue weighted by molar-refractivity contribution is 5.05. The maximum absolute atomic E-state index is 5.43. The summed E-state index contributed by atoms with van der Waals surface area (Å²) in [4.78, 5) is 0. The Morgan fingerprint density at radius 3 is 2.88 bits per heavy atom. The number of aromatic nitrogens is 2. The molecular formula is C12H21N3O.